The van der Waals surface area contributed by atoms with Crippen LogP contribution in [0, 0.1) is 0 Å². The van der Waals surface area contributed by atoms with E-state index in [9.17, 15) is 0 Å². The minimum atomic E-state index is -1.78. The van der Waals surface area contributed by atoms with Crippen LogP contribution in [0.3, 0.4) is 0 Å². The molecule has 0 bridgehead atoms. The van der Waals surface area contributed by atoms with Gasteiger partial charge in [-0.25, -0.2) is 0 Å². The Kier molecular flexibility index (Phi) is 6.24. The minimum absolute atomic E-state index is 0.210. The average molecular weight is 403 g/mol. The van der Waals surface area contributed by atoms with Crippen LogP contribution in [0.4, 0.5) is 0 Å². The molecule has 128 valence electrons. The molecule has 2 rings (SSSR count). The highest BCUT2D eigenvalue weighted by Crippen LogP contribution is 2.37. The largest absolute Gasteiger partial charge is 0.413 e. The van der Waals surface area contributed by atoms with Crippen LogP contribution in [0.25, 0.3) is 11.6 Å². The molecule has 1 nitrogen and oxygen atoms in total. The number of benzene rings is 2. The van der Waals surface area contributed by atoms with Gasteiger partial charge in [-0.3, -0.25) is 0 Å². The number of rotatable bonds is 5. The highest BCUT2D eigenvalue weighted by molar-refractivity contribution is 9.10. The number of hydrogen-bond donors (Lipinski definition) is 0. The number of hydrogen-bond acceptors (Lipinski definition) is 1. The Morgan fingerprint density at radius 2 is 1.71 bits per heavy atom. The lowest BCUT2D eigenvalue weighted by Crippen LogP contribution is -2.41. The third-order valence-corrected chi connectivity index (χ3v) is 9.70. The molecule has 0 saturated heterocycles. The van der Waals surface area contributed by atoms with Crippen LogP contribution in [-0.4, -0.2) is 14.9 Å². The van der Waals surface area contributed by atoms with Gasteiger partial charge in [0.15, 0.2) is 8.32 Å². The Morgan fingerprint density at radius 3 is 2.29 bits per heavy atom. The van der Waals surface area contributed by atoms with Gasteiger partial charge in [0.2, 0.25) is 0 Å². The molecule has 0 heterocycles. The summed E-state index contributed by atoms with van der Waals surface area (Å²) in [7, 11) is -1.78. The first-order valence-electron chi connectivity index (χ1n) is 8.34. The maximum absolute atomic E-state index is 6.48. The van der Waals surface area contributed by atoms with Gasteiger partial charge in [-0.1, -0.05) is 79.2 Å². The summed E-state index contributed by atoms with van der Waals surface area (Å²) in [6.07, 6.45) is 2.23. The van der Waals surface area contributed by atoms with Gasteiger partial charge < -0.3 is 4.43 Å². The van der Waals surface area contributed by atoms with Gasteiger partial charge >= 0.3 is 0 Å². The molecule has 0 amide bonds. The molecule has 0 aliphatic heterocycles. The Bertz CT molecular complexity index is 699. The molecule has 0 saturated carbocycles. The Morgan fingerprint density at radius 1 is 1.04 bits per heavy atom. The first-order valence-corrected chi connectivity index (χ1v) is 12.0. The molecule has 0 N–H and O–H groups in total. The van der Waals surface area contributed by atoms with Crippen molar-refractivity contribution in [3.05, 3.63) is 70.2 Å². The van der Waals surface area contributed by atoms with Crippen LogP contribution in [-0.2, 0) is 4.43 Å². The zero-order chi connectivity index (χ0) is 17.8. The van der Waals surface area contributed by atoms with Crippen molar-refractivity contribution in [3.63, 3.8) is 0 Å². The van der Waals surface area contributed by atoms with Crippen LogP contribution in [0.2, 0.25) is 18.1 Å². The SMILES string of the molecule is CC(C)(C)[Si](C)(C)OCC(=Cc1ccccc1)c1cccc(Br)c1. The molecule has 0 atom stereocenters. The highest BCUT2D eigenvalue weighted by atomic mass is 79.9. The Balaban J connectivity index is 2.32. The first-order chi connectivity index (χ1) is 11.2. The standard InChI is InChI=1S/C21H27BrOSi/c1-21(2,3)24(4,5)23-16-19(14-17-10-7-6-8-11-17)18-12-9-13-20(22)15-18/h6-15H,16H2,1-5H3. The Hall–Kier alpha value is -1.16. The molecule has 2 aromatic carbocycles. The summed E-state index contributed by atoms with van der Waals surface area (Å²) >= 11 is 3.58. The van der Waals surface area contributed by atoms with Crippen LogP contribution in [0.1, 0.15) is 31.9 Å². The van der Waals surface area contributed by atoms with Gasteiger partial charge in [0.1, 0.15) is 0 Å². The van der Waals surface area contributed by atoms with E-state index in [1.165, 1.54) is 16.7 Å². The molecular formula is C21H27BrOSi. The summed E-state index contributed by atoms with van der Waals surface area (Å²) in [5.41, 5.74) is 3.62. The molecule has 0 unspecified atom stereocenters. The highest BCUT2D eigenvalue weighted by Gasteiger charge is 2.37. The van der Waals surface area contributed by atoms with E-state index in [0.29, 0.717) is 6.61 Å². The average Bonchev–Trinajstić information content (AvgIpc) is 2.51. The molecule has 0 aromatic heterocycles. The van der Waals surface area contributed by atoms with E-state index >= 15 is 0 Å². The van der Waals surface area contributed by atoms with E-state index in [0.717, 1.165) is 4.47 Å². The lowest BCUT2D eigenvalue weighted by molar-refractivity contribution is 0.334. The van der Waals surface area contributed by atoms with E-state index in [2.05, 4.69) is 104 Å². The molecule has 24 heavy (non-hydrogen) atoms. The van der Waals surface area contributed by atoms with Crippen molar-refractivity contribution in [3.8, 4) is 0 Å². The maximum Gasteiger partial charge on any atom is 0.192 e. The second kappa shape index (κ2) is 7.81. The normalized spacial score (nSPS) is 13.2. The lowest BCUT2D eigenvalue weighted by Gasteiger charge is -2.36. The third kappa shape index (κ3) is 5.17. The van der Waals surface area contributed by atoms with Gasteiger partial charge in [0, 0.05) is 4.47 Å². The Labute approximate surface area is 156 Å². The van der Waals surface area contributed by atoms with Crippen LogP contribution in [0.15, 0.2) is 59.1 Å². The van der Waals surface area contributed by atoms with Gasteiger partial charge in [-0.05, 0) is 53.0 Å². The predicted molar refractivity (Wildman–Crippen MR) is 112 cm³/mol. The van der Waals surface area contributed by atoms with Crippen LogP contribution in [0.5, 0.6) is 0 Å². The van der Waals surface area contributed by atoms with E-state index in [1.807, 2.05) is 6.07 Å². The summed E-state index contributed by atoms with van der Waals surface area (Å²) < 4.78 is 7.57. The van der Waals surface area contributed by atoms with Gasteiger partial charge in [0.25, 0.3) is 0 Å². The fraction of sp³-hybridized carbons (Fsp3) is 0.333. The molecular weight excluding hydrogens is 376 g/mol. The summed E-state index contributed by atoms with van der Waals surface area (Å²) in [5.74, 6) is 0. The van der Waals surface area contributed by atoms with E-state index in [1.54, 1.807) is 0 Å². The molecule has 0 radical (unpaired) electrons. The molecule has 0 spiro atoms. The molecule has 0 aliphatic rings. The maximum atomic E-state index is 6.48. The van der Waals surface area contributed by atoms with Crippen molar-refractivity contribution >= 4 is 35.9 Å². The van der Waals surface area contributed by atoms with E-state index in [4.69, 9.17) is 4.43 Å². The third-order valence-electron chi connectivity index (χ3n) is 4.73. The van der Waals surface area contributed by atoms with Crippen molar-refractivity contribution in [2.45, 2.75) is 38.9 Å². The smallest absolute Gasteiger partial charge is 0.192 e. The lowest BCUT2D eigenvalue weighted by atomic mass is 10.0. The molecule has 2 aromatic rings. The molecule has 0 fully saturated rings. The quantitative estimate of drug-likeness (QED) is 0.385. The fourth-order valence-corrected chi connectivity index (χ4v) is 3.47. The fourth-order valence-electron chi connectivity index (χ4n) is 2.12. The van der Waals surface area contributed by atoms with Crippen molar-refractivity contribution in [2.24, 2.45) is 0 Å². The second-order valence-electron chi connectivity index (χ2n) is 7.64. The van der Waals surface area contributed by atoms with Gasteiger partial charge in [-0.15, -0.1) is 0 Å². The summed E-state index contributed by atoms with van der Waals surface area (Å²) in [5, 5.41) is 0.210. The first kappa shape index (κ1) is 19.2. The summed E-state index contributed by atoms with van der Waals surface area (Å²) in [4.78, 5) is 0. The van der Waals surface area contributed by atoms with E-state index in [-0.39, 0.29) is 5.04 Å². The van der Waals surface area contributed by atoms with Crippen molar-refractivity contribution in [1.29, 1.82) is 0 Å². The van der Waals surface area contributed by atoms with Crippen LogP contribution >= 0.6 is 15.9 Å². The molecule has 3 heteroatoms. The zero-order valence-electron chi connectivity index (χ0n) is 15.3. The topological polar surface area (TPSA) is 9.23 Å². The van der Waals surface area contributed by atoms with Crippen molar-refractivity contribution in [1.82, 2.24) is 0 Å². The molecule has 0 aliphatic carbocycles. The van der Waals surface area contributed by atoms with Gasteiger partial charge in [-0.2, -0.15) is 0 Å². The summed E-state index contributed by atoms with van der Waals surface area (Å²) in [6, 6.07) is 18.9. The number of halogens is 1. The monoisotopic (exact) mass is 402 g/mol. The van der Waals surface area contributed by atoms with Crippen molar-refractivity contribution < 1.29 is 4.43 Å². The van der Waals surface area contributed by atoms with E-state index < -0.39 is 8.32 Å². The minimum Gasteiger partial charge on any atom is -0.413 e. The predicted octanol–water partition coefficient (Wildman–Crippen LogP) is 7.01. The van der Waals surface area contributed by atoms with Gasteiger partial charge in [0.05, 0.1) is 6.61 Å². The summed E-state index contributed by atoms with van der Waals surface area (Å²) in [6.45, 7) is 12.1. The van der Waals surface area contributed by atoms with Crippen LogP contribution < -0.4 is 0 Å². The van der Waals surface area contributed by atoms with Crippen molar-refractivity contribution in [2.75, 3.05) is 6.61 Å². The second-order valence-corrected chi connectivity index (χ2v) is 13.4. The zero-order valence-corrected chi connectivity index (χ0v) is 17.9.